The van der Waals surface area contributed by atoms with Gasteiger partial charge in [-0.1, -0.05) is 30.3 Å². The topological polar surface area (TPSA) is 78.7 Å². The number of amides is 3. The molecule has 1 saturated heterocycles. The number of oxazole rings is 1. The van der Waals surface area contributed by atoms with Crippen LogP contribution >= 0.6 is 0 Å². The van der Waals surface area contributed by atoms with Crippen molar-refractivity contribution in [1.82, 2.24) is 9.88 Å². The quantitative estimate of drug-likeness (QED) is 0.651. The van der Waals surface area contributed by atoms with E-state index in [-0.39, 0.29) is 31.4 Å². The van der Waals surface area contributed by atoms with Crippen LogP contribution in [0.2, 0.25) is 0 Å². The first kappa shape index (κ1) is 20.5. The first-order chi connectivity index (χ1) is 14.8. The lowest BCUT2D eigenvalue weighted by molar-refractivity contribution is -0.137. The molecule has 0 unspecified atom stereocenters. The summed E-state index contributed by atoms with van der Waals surface area (Å²) in [6.45, 7) is 0.530. The van der Waals surface area contributed by atoms with Gasteiger partial charge in [-0.05, 0) is 29.8 Å². The highest BCUT2D eigenvalue weighted by Crippen LogP contribution is 2.30. The summed E-state index contributed by atoms with van der Waals surface area (Å²) in [5.41, 5.74) is 0.172. The number of anilines is 2. The minimum absolute atomic E-state index is 0.0152. The first-order valence-electron chi connectivity index (χ1n) is 9.36. The second kappa shape index (κ2) is 8.13. The molecule has 10 heteroatoms. The third-order valence-electron chi connectivity index (χ3n) is 4.70. The molecule has 3 aromatic rings. The van der Waals surface area contributed by atoms with Crippen LogP contribution in [-0.4, -0.2) is 34.9 Å². The van der Waals surface area contributed by atoms with Gasteiger partial charge in [0.05, 0.1) is 11.8 Å². The number of nitrogens with one attached hydrogen (secondary N) is 1. The molecule has 4 rings (SSSR count). The van der Waals surface area contributed by atoms with E-state index in [2.05, 4.69) is 10.3 Å². The number of rotatable bonds is 5. The summed E-state index contributed by atoms with van der Waals surface area (Å²) in [5.74, 6) is -0.583. The Morgan fingerprint density at radius 2 is 1.87 bits per heavy atom. The van der Waals surface area contributed by atoms with Crippen molar-refractivity contribution in [1.29, 1.82) is 0 Å². The average Bonchev–Trinajstić information content (AvgIpc) is 3.36. The molecule has 160 valence electrons. The zero-order chi connectivity index (χ0) is 22.0. The van der Waals surface area contributed by atoms with E-state index in [1.807, 2.05) is 6.07 Å². The molecule has 1 N–H and O–H groups in total. The van der Waals surface area contributed by atoms with Gasteiger partial charge in [0.15, 0.2) is 0 Å². The van der Waals surface area contributed by atoms with E-state index in [0.717, 1.165) is 12.1 Å². The maximum atomic E-state index is 12.9. The number of aromatic nitrogens is 1. The summed E-state index contributed by atoms with van der Waals surface area (Å²) in [7, 11) is 0. The number of nitrogens with zero attached hydrogens (tertiary/aromatic N) is 3. The van der Waals surface area contributed by atoms with E-state index in [1.54, 1.807) is 24.3 Å². The Balaban J connectivity index is 1.42. The van der Waals surface area contributed by atoms with Crippen molar-refractivity contribution in [2.75, 3.05) is 23.3 Å². The SMILES string of the molecule is O=C(Nc1ccccc1)c1cnc(N2CCN(Cc3cccc(C(F)(F)F)c3)C2=O)o1. The molecule has 3 amide bonds. The van der Waals surface area contributed by atoms with Crippen molar-refractivity contribution in [3.63, 3.8) is 0 Å². The molecule has 0 radical (unpaired) electrons. The minimum atomic E-state index is -4.45. The van der Waals surface area contributed by atoms with Gasteiger partial charge < -0.3 is 14.6 Å². The average molecular weight is 430 g/mol. The van der Waals surface area contributed by atoms with Crippen molar-refractivity contribution in [2.45, 2.75) is 12.7 Å². The molecular formula is C21H17F3N4O3. The highest BCUT2D eigenvalue weighted by atomic mass is 19.4. The van der Waals surface area contributed by atoms with Crippen molar-refractivity contribution in [2.24, 2.45) is 0 Å². The summed E-state index contributed by atoms with van der Waals surface area (Å²) in [4.78, 5) is 31.6. The van der Waals surface area contributed by atoms with Gasteiger partial charge in [-0.15, -0.1) is 0 Å². The molecule has 0 spiro atoms. The lowest BCUT2D eigenvalue weighted by Gasteiger charge is -2.17. The molecule has 31 heavy (non-hydrogen) atoms. The van der Waals surface area contributed by atoms with Crippen LogP contribution in [0.3, 0.4) is 0 Å². The monoisotopic (exact) mass is 430 g/mol. The van der Waals surface area contributed by atoms with Crippen LogP contribution in [0.5, 0.6) is 0 Å². The van der Waals surface area contributed by atoms with Gasteiger partial charge in [0, 0.05) is 25.3 Å². The number of hydrogen-bond acceptors (Lipinski definition) is 4. The van der Waals surface area contributed by atoms with Crippen LogP contribution in [0.4, 0.5) is 29.7 Å². The molecule has 2 heterocycles. The van der Waals surface area contributed by atoms with Gasteiger partial charge in [-0.2, -0.15) is 13.2 Å². The zero-order valence-electron chi connectivity index (χ0n) is 16.1. The Morgan fingerprint density at radius 3 is 2.61 bits per heavy atom. The minimum Gasteiger partial charge on any atom is -0.418 e. The fourth-order valence-electron chi connectivity index (χ4n) is 3.18. The smallest absolute Gasteiger partial charge is 0.416 e. The summed E-state index contributed by atoms with van der Waals surface area (Å²) in [6.07, 6.45) is -3.23. The van der Waals surface area contributed by atoms with Gasteiger partial charge in [0.1, 0.15) is 0 Å². The largest absolute Gasteiger partial charge is 0.418 e. The van der Waals surface area contributed by atoms with E-state index in [9.17, 15) is 22.8 Å². The van der Waals surface area contributed by atoms with E-state index in [0.29, 0.717) is 11.3 Å². The van der Waals surface area contributed by atoms with Crippen molar-refractivity contribution >= 4 is 23.6 Å². The highest BCUT2D eigenvalue weighted by Gasteiger charge is 2.34. The van der Waals surface area contributed by atoms with Crippen LogP contribution in [0.15, 0.2) is 65.2 Å². The molecule has 0 aliphatic carbocycles. The van der Waals surface area contributed by atoms with Crippen LogP contribution in [-0.2, 0) is 12.7 Å². The summed E-state index contributed by atoms with van der Waals surface area (Å²) >= 11 is 0. The van der Waals surface area contributed by atoms with Gasteiger partial charge in [-0.25, -0.2) is 14.7 Å². The molecule has 1 aliphatic rings. The molecule has 7 nitrogen and oxygen atoms in total. The van der Waals surface area contributed by atoms with Crippen molar-refractivity contribution < 1.29 is 27.2 Å². The van der Waals surface area contributed by atoms with Gasteiger partial charge in [0.25, 0.3) is 5.91 Å². The number of para-hydroxylation sites is 1. The van der Waals surface area contributed by atoms with E-state index < -0.39 is 23.7 Å². The molecule has 1 fully saturated rings. The summed E-state index contributed by atoms with van der Waals surface area (Å²) in [5, 5.41) is 2.65. The molecule has 0 atom stereocenters. The van der Waals surface area contributed by atoms with Crippen LogP contribution in [0, 0.1) is 0 Å². The number of benzene rings is 2. The van der Waals surface area contributed by atoms with Crippen LogP contribution in [0.25, 0.3) is 0 Å². The molecule has 1 aromatic heterocycles. The number of carbonyl (C=O) groups excluding carboxylic acids is 2. The Bertz CT molecular complexity index is 1100. The number of hydrogen-bond donors (Lipinski definition) is 1. The lowest BCUT2D eigenvalue weighted by Crippen LogP contribution is -2.31. The molecular weight excluding hydrogens is 413 g/mol. The second-order valence-electron chi connectivity index (χ2n) is 6.88. The van der Waals surface area contributed by atoms with E-state index >= 15 is 0 Å². The molecule has 2 aromatic carbocycles. The van der Waals surface area contributed by atoms with Crippen LogP contribution in [0.1, 0.15) is 21.7 Å². The van der Waals surface area contributed by atoms with Gasteiger partial charge in [0.2, 0.25) is 5.76 Å². The fraction of sp³-hybridized carbons (Fsp3) is 0.190. The molecule has 0 saturated carbocycles. The maximum Gasteiger partial charge on any atom is 0.416 e. The predicted octanol–water partition coefficient (Wildman–Crippen LogP) is 4.39. The molecule has 0 bridgehead atoms. The normalized spacial score (nSPS) is 14.2. The Labute approximate surface area is 175 Å². The zero-order valence-corrected chi connectivity index (χ0v) is 16.1. The van der Waals surface area contributed by atoms with Gasteiger partial charge in [-0.3, -0.25) is 4.79 Å². The third kappa shape index (κ3) is 4.52. The second-order valence-corrected chi connectivity index (χ2v) is 6.88. The van der Waals surface area contributed by atoms with Gasteiger partial charge >= 0.3 is 18.2 Å². The van der Waals surface area contributed by atoms with Crippen LogP contribution < -0.4 is 10.2 Å². The number of alkyl halides is 3. The lowest BCUT2D eigenvalue weighted by atomic mass is 10.1. The van der Waals surface area contributed by atoms with E-state index in [4.69, 9.17) is 4.42 Å². The predicted molar refractivity (Wildman–Crippen MR) is 105 cm³/mol. The Morgan fingerprint density at radius 1 is 1.10 bits per heavy atom. The maximum absolute atomic E-state index is 12.9. The number of halogens is 3. The number of carbonyl (C=O) groups is 2. The fourth-order valence-corrected chi connectivity index (χ4v) is 3.18. The Kier molecular flexibility index (Phi) is 5.37. The number of urea groups is 1. The Hall–Kier alpha value is -3.82. The van der Waals surface area contributed by atoms with Crippen molar-refractivity contribution in [3.05, 3.63) is 77.7 Å². The summed E-state index contributed by atoms with van der Waals surface area (Å²) in [6, 6.07) is 13.1. The highest BCUT2D eigenvalue weighted by molar-refractivity contribution is 6.02. The third-order valence-corrected chi connectivity index (χ3v) is 4.70. The van der Waals surface area contributed by atoms with E-state index in [1.165, 1.54) is 28.1 Å². The van der Waals surface area contributed by atoms with Crippen molar-refractivity contribution in [3.8, 4) is 0 Å². The summed E-state index contributed by atoms with van der Waals surface area (Å²) < 4.78 is 44.2. The first-order valence-corrected chi connectivity index (χ1v) is 9.36. The molecule has 1 aliphatic heterocycles. The standard InChI is InChI=1S/C21H17F3N4O3/c22-21(23,24)15-6-4-5-14(11-15)13-27-9-10-28(20(27)30)19-25-12-17(31-19)18(29)26-16-7-2-1-3-8-16/h1-8,11-12H,9-10,13H2,(H,26,29).